The fourth-order valence-corrected chi connectivity index (χ4v) is 1.81. The molecule has 86 valence electrons. The van der Waals surface area contributed by atoms with Crippen LogP contribution in [0.5, 0.6) is 0 Å². The molecule has 1 rings (SSSR count). The van der Waals surface area contributed by atoms with E-state index < -0.39 is 23.8 Å². The molecule has 1 fully saturated rings. The van der Waals surface area contributed by atoms with Crippen molar-refractivity contribution >= 4 is 11.9 Å². The van der Waals surface area contributed by atoms with Crippen LogP contribution in [0.2, 0.25) is 0 Å². The summed E-state index contributed by atoms with van der Waals surface area (Å²) >= 11 is 0. The zero-order valence-electron chi connectivity index (χ0n) is 8.37. The van der Waals surface area contributed by atoms with Gasteiger partial charge in [-0.1, -0.05) is 0 Å². The van der Waals surface area contributed by atoms with Crippen molar-refractivity contribution in [3.63, 3.8) is 0 Å². The average Bonchev–Trinajstić information content (AvgIpc) is 2.17. The average molecular weight is 221 g/mol. The second kappa shape index (κ2) is 4.12. The van der Waals surface area contributed by atoms with Gasteiger partial charge in [-0.25, -0.2) is 4.79 Å². The van der Waals surface area contributed by atoms with Crippen LogP contribution < -0.4 is 0 Å². The highest BCUT2D eigenvalue weighted by atomic mass is 19.3. The lowest BCUT2D eigenvalue weighted by atomic mass is 9.88. The Labute approximate surface area is 85.9 Å². The number of carbonyl (C=O) groups is 2. The monoisotopic (exact) mass is 221 g/mol. The number of hydrogen-bond acceptors (Lipinski definition) is 2. The lowest BCUT2D eigenvalue weighted by Gasteiger charge is -2.41. The van der Waals surface area contributed by atoms with E-state index in [2.05, 4.69) is 0 Å². The first-order valence-corrected chi connectivity index (χ1v) is 4.72. The molecule has 0 aromatic rings. The molecule has 1 amide bonds. The van der Waals surface area contributed by atoms with Gasteiger partial charge in [0.1, 0.15) is 5.54 Å². The molecule has 0 aliphatic carbocycles. The minimum atomic E-state index is -3.14. The molecule has 15 heavy (non-hydrogen) atoms. The topological polar surface area (TPSA) is 57.6 Å². The maximum atomic E-state index is 12.2. The second-order valence-corrected chi connectivity index (χ2v) is 3.83. The van der Waals surface area contributed by atoms with Crippen LogP contribution in [0.1, 0.15) is 26.2 Å². The van der Waals surface area contributed by atoms with Crippen molar-refractivity contribution in [3.05, 3.63) is 0 Å². The maximum Gasteiger partial charge on any atom is 0.329 e. The highest BCUT2D eigenvalue weighted by Gasteiger charge is 2.45. The summed E-state index contributed by atoms with van der Waals surface area (Å²) in [4.78, 5) is 22.9. The normalized spacial score (nSPS) is 26.8. The molecule has 1 heterocycles. The molecule has 4 nitrogen and oxygen atoms in total. The molecule has 6 heteroatoms. The lowest BCUT2D eigenvalue weighted by Crippen LogP contribution is -2.58. The van der Waals surface area contributed by atoms with Gasteiger partial charge < -0.3 is 10.0 Å². The molecule has 1 aliphatic heterocycles. The summed E-state index contributed by atoms with van der Waals surface area (Å²) in [6, 6.07) is 0. The number of rotatable bonds is 2. The van der Waals surface area contributed by atoms with Gasteiger partial charge in [0.05, 0.1) is 0 Å². The number of carboxylic acids is 1. The van der Waals surface area contributed by atoms with Crippen LogP contribution in [-0.4, -0.2) is 40.4 Å². The first-order valence-electron chi connectivity index (χ1n) is 4.72. The Morgan fingerprint density at radius 2 is 2.00 bits per heavy atom. The summed E-state index contributed by atoms with van der Waals surface area (Å²) in [5.74, 6) is -2.62. The SMILES string of the molecule is CC1(C(=O)O)CCCCN1C(=O)C(F)F. The third-order valence-electron chi connectivity index (χ3n) is 2.80. The van der Waals surface area contributed by atoms with Crippen LogP contribution in [-0.2, 0) is 9.59 Å². The van der Waals surface area contributed by atoms with E-state index in [1.165, 1.54) is 6.92 Å². The zero-order valence-corrected chi connectivity index (χ0v) is 8.37. The fraction of sp³-hybridized carbons (Fsp3) is 0.778. The molecule has 0 spiro atoms. The van der Waals surface area contributed by atoms with E-state index in [4.69, 9.17) is 5.11 Å². The van der Waals surface area contributed by atoms with E-state index in [9.17, 15) is 18.4 Å². The molecule has 0 bridgehead atoms. The van der Waals surface area contributed by atoms with Crippen molar-refractivity contribution in [2.75, 3.05) is 6.54 Å². The lowest BCUT2D eigenvalue weighted by molar-refractivity contribution is -0.166. The zero-order chi connectivity index (χ0) is 11.6. The van der Waals surface area contributed by atoms with E-state index >= 15 is 0 Å². The molecule has 0 radical (unpaired) electrons. The molecule has 1 saturated heterocycles. The van der Waals surface area contributed by atoms with Gasteiger partial charge in [0.25, 0.3) is 5.91 Å². The van der Waals surface area contributed by atoms with Gasteiger partial charge in [-0.3, -0.25) is 4.79 Å². The van der Waals surface area contributed by atoms with E-state index in [1.54, 1.807) is 0 Å². The third kappa shape index (κ3) is 2.08. The summed E-state index contributed by atoms with van der Waals surface area (Å²) in [5, 5.41) is 8.96. The van der Waals surface area contributed by atoms with Gasteiger partial charge in [-0.05, 0) is 26.2 Å². The third-order valence-corrected chi connectivity index (χ3v) is 2.80. The summed E-state index contributed by atoms with van der Waals surface area (Å²) in [7, 11) is 0. The summed E-state index contributed by atoms with van der Waals surface area (Å²) in [6.07, 6.45) is -1.71. The number of likely N-dealkylation sites (tertiary alicyclic amines) is 1. The van der Waals surface area contributed by atoms with Crippen molar-refractivity contribution < 1.29 is 23.5 Å². The minimum Gasteiger partial charge on any atom is -0.480 e. The molecule has 1 aliphatic rings. The summed E-state index contributed by atoms with van der Waals surface area (Å²) in [6.45, 7) is 1.40. The molecule has 1 N–H and O–H groups in total. The molecule has 0 saturated carbocycles. The highest BCUT2D eigenvalue weighted by molar-refractivity contribution is 5.88. The Hall–Kier alpha value is -1.20. The van der Waals surface area contributed by atoms with Crippen LogP contribution in [0.25, 0.3) is 0 Å². The predicted octanol–water partition coefficient (Wildman–Crippen LogP) is 1.11. The standard InChI is InChI=1S/C9H13F2NO3/c1-9(8(14)15)4-2-3-5-12(9)7(13)6(10)11/h6H,2-5H2,1H3,(H,14,15). The van der Waals surface area contributed by atoms with Crippen LogP contribution in [0.3, 0.4) is 0 Å². The Morgan fingerprint density at radius 3 is 2.47 bits per heavy atom. The van der Waals surface area contributed by atoms with Crippen LogP contribution in [0.4, 0.5) is 8.78 Å². The highest BCUT2D eigenvalue weighted by Crippen LogP contribution is 2.29. The number of carbonyl (C=O) groups excluding carboxylic acids is 1. The Morgan fingerprint density at radius 1 is 1.40 bits per heavy atom. The van der Waals surface area contributed by atoms with Crippen LogP contribution >= 0.6 is 0 Å². The molecule has 0 aromatic carbocycles. The van der Waals surface area contributed by atoms with Gasteiger partial charge in [0, 0.05) is 6.54 Å². The summed E-state index contributed by atoms with van der Waals surface area (Å²) in [5.41, 5.74) is -1.48. The smallest absolute Gasteiger partial charge is 0.329 e. The predicted molar refractivity (Wildman–Crippen MR) is 47.6 cm³/mol. The largest absolute Gasteiger partial charge is 0.480 e. The molecular weight excluding hydrogens is 208 g/mol. The molecule has 1 atom stereocenters. The van der Waals surface area contributed by atoms with E-state index in [0.29, 0.717) is 12.8 Å². The number of amides is 1. The molecular formula is C9H13F2NO3. The van der Waals surface area contributed by atoms with Crippen molar-refractivity contribution in [2.24, 2.45) is 0 Å². The van der Waals surface area contributed by atoms with E-state index in [1.807, 2.05) is 0 Å². The fourth-order valence-electron chi connectivity index (χ4n) is 1.81. The van der Waals surface area contributed by atoms with Gasteiger partial charge in [0.2, 0.25) is 0 Å². The summed E-state index contributed by atoms with van der Waals surface area (Å²) < 4.78 is 24.5. The van der Waals surface area contributed by atoms with Crippen LogP contribution in [0.15, 0.2) is 0 Å². The Kier molecular flexibility index (Phi) is 3.26. The number of carboxylic acid groups (broad SMARTS) is 1. The van der Waals surface area contributed by atoms with Crippen LogP contribution in [0, 0.1) is 0 Å². The number of piperidine rings is 1. The Balaban J connectivity index is 2.92. The number of halogens is 2. The van der Waals surface area contributed by atoms with E-state index in [0.717, 1.165) is 4.90 Å². The van der Waals surface area contributed by atoms with Crippen molar-refractivity contribution in [1.29, 1.82) is 0 Å². The van der Waals surface area contributed by atoms with Crippen molar-refractivity contribution in [2.45, 2.75) is 38.2 Å². The second-order valence-electron chi connectivity index (χ2n) is 3.83. The molecule has 1 unspecified atom stereocenters. The quantitative estimate of drug-likeness (QED) is 0.759. The van der Waals surface area contributed by atoms with E-state index in [-0.39, 0.29) is 13.0 Å². The first kappa shape index (κ1) is 11.9. The van der Waals surface area contributed by atoms with Crippen molar-refractivity contribution in [3.8, 4) is 0 Å². The van der Waals surface area contributed by atoms with Gasteiger partial charge in [0.15, 0.2) is 0 Å². The number of nitrogens with zero attached hydrogens (tertiary/aromatic N) is 1. The minimum absolute atomic E-state index is 0.0893. The number of aliphatic carboxylic acids is 1. The first-order chi connectivity index (χ1) is 6.89. The number of hydrogen-bond donors (Lipinski definition) is 1. The van der Waals surface area contributed by atoms with Crippen molar-refractivity contribution in [1.82, 2.24) is 4.90 Å². The van der Waals surface area contributed by atoms with Gasteiger partial charge >= 0.3 is 12.4 Å². The maximum absolute atomic E-state index is 12.2. The molecule has 0 aromatic heterocycles. The van der Waals surface area contributed by atoms with Gasteiger partial charge in [-0.2, -0.15) is 8.78 Å². The number of alkyl halides is 2. The Bertz CT molecular complexity index is 283. The van der Waals surface area contributed by atoms with Gasteiger partial charge in [-0.15, -0.1) is 0 Å².